The molecule has 0 radical (unpaired) electrons. The van der Waals surface area contributed by atoms with Gasteiger partial charge in [0.15, 0.2) is 5.54 Å². The minimum Gasteiger partial charge on any atom is -0.479 e. The largest absolute Gasteiger partial charge is 0.479 e. The first-order valence-electron chi connectivity index (χ1n) is 7.92. The molecule has 0 saturated heterocycles. The van der Waals surface area contributed by atoms with E-state index >= 15 is 0 Å². The lowest BCUT2D eigenvalue weighted by atomic mass is 10.0. The van der Waals surface area contributed by atoms with E-state index in [9.17, 15) is 24.3 Å². The number of rotatable bonds is 4. The van der Waals surface area contributed by atoms with Crippen molar-refractivity contribution >= 4 is 23.8 Å². The van der Waals surface area contributed by atoms with Gasteiger partial charge >= 0.3 is 11.9 Å². The Hall–Kier alpha value is -3.48. The van der Waals surface area contributed by atoms with Crippen LogP contribution in [-0.4, -0.2) is 44.4 Å². The molecule has 2 amide bonds. The van der Waals surface area contributed by atoms with Gasteiger partial charge in [-0.15, -0.1) is 0 Å². The molecule has 0 unspecified atom stereocenters. The van der Waals surface area contributed by atoms with E-state index in [0.29, 0.717) is 0 Å². The Morgan fingerprint density at radius 2 is 1.62 bits per heavy atom. The number of imide groups is 1. The number of nitrogens with zero attached hydrogens (tertiary/aromatic N) is 1. The zero-order valence-corrected chi connectivity index (χ0v) is 13.4. The Kier molecular flexibility index (Phi) is 3.24. The van der Waals surface area contributed by atoms with Gasteiger partial charge in [-0.2, -0.15) is 0 Å². The molecule has 7 nitrogen and oxygen atoms in total. The van der Waals surface area contributed by atoms with Gasteiger partial charge in [-0.25, -0.2) is 9.59 Å². The predicted molar refractivity (Wildman–Crippen MR) is 88.1 cm³/mol. The third-order valence-corrected chi connectivity index (χ3v) is 5.04. The molecule has 130 valence electrons. The summed E-state index contributed by atoms with van der Waals surface area (Å²) in [5, 5.41) is 18.9. The summed E-state index contributed by atoms with van der Waals surface area (Å²) < 4.78 is 0. The van der Waals surface area contributed by atoms with Crippen molar-refractivity contribution in [2.75, 3.05) is 0 Å². The number of carboxylic acid groups (broad SMARTS) is 2. The van der Waals surface area contributed by atoms with Gasteiger partial charge in [-0.05, 0) is 30.2 Å². The zero-order valence-electron chi connectivity index (χ0n) is 13.4. The molecule has 1 saturated carbocycles. The predicted octanol–water partition coefficient (Wildman–Crippen LogP) is 1.99. The van der Waals surface area contributed by atoms with Gasteiger partial charge in [0.1, 0.15) is 0 Å². The number of carbonyl (C=O) groups is 4. The van der Waals surface area contributed by atoms with Crippen LogP contribution in [0.25, 0.3) is 0 Å². The van der Waals surface area contributed by atoms with E-state index in [0.717, 1.165) is 16.5 Å². The summed E-state index contributed by atoms with van der Waals surface area (Å²) in [6.45, 7) is 0. The van der Waals surface area contributed by atoms with Gasteiger partial charge in [0.05, 0.1) is 16.7 Å². The number of benzene rings is 2. The average molecular weight is 351 g/mol. The van der Waals surface area contributed by atoms with Crippen molar-refractivity contribution < 1.29 is 29.4 Å². The fraction of sp³-hybridized carbons (Fsp3) is 0.158. The topological polar surface area (TPSA) is 112 Å². The molecule has 4 rings (SSSR count). The first-order valence-corrected chi connectivity index (χ1v) is 7.92. The standard InChI is InChI=1S/C19H13NO6/c21-15-12-7-6-11(17(23)24)8-13(12)16(22)20(15)19(18(25)26)9-14(19)10-4-2-1-3-5-10/h1-8,14H,9H2,(H,23,24)(H,25,26)/t14-,19+/m0/s1. The molecule has 1 heterocycles. The number of fused-ring (bicyclic) bond motifs is 1. The lowest BCUT2D eigenvalue weighted by Gasteiger charge is -2.23. The fourth-order valence-electron chi connectivity index (χ4n) is 3.65. The Balaban J connectivity index is 1.78. The number of aliphatic carboxylic acids is 1. The summed E-state index contributed by atoms with van der Waals surface area (Å²) >= 11 is 0. The van der Waals surface area contributed by atoms with Crippen LogP contribution < -0.4 is 0 Å². The van der Waals surface area contributed by atoms with Crippen molar-refractivity contribution in [1.29, 1.82) is 0 Å². The summed E-state index contributed by atoms with van der Waals surface area (Å²) in [6.07, 6.45) is 0.129. The summed E-state index contributed by atoms with van der Waals surface area (Å²) in [7, 11) is 0. The summed E-state index contributed by atoms with van der Waals surface area (Å²) in [5.41, 5.74) is -1.09. The number of aromatic carboxylic acids is 1. The van der Waals surface area contributed by atoms with Crippen LogP contribution in [-0.2, 0) is 4.79 Å². The van der Waals surface area contributed by atoms with Gasteiger partial charge in [-0.3, -0.25) is 14.5 Å². The number of carbonyl (C=O) groups excluding carboxylic acids is 2. The maximum absolute atomic E-state index is 12.8. The van der Waals surface area contributed by atoms with Crippen LogP contribution in [0.3, 0.4) is 0 Å². The molecule has 0 spiro atoms. The van der Waals surface area contributed by atoms with Gasteiger partial charge in [0.2, 0.25) is 0 Å². The Morgan fingerprint density at radius 1 is 0.962 bits per heavy atom. The SMILES string of the molecule is O=C(O)c1ccc2c(c1)C(=O)N([C@]1(C(=O)O)C[C@H]1c1ccccc1)C2=O. The highest BCUT2D eigenvalue weighted by Gasteiger charge is 2.69. The molecular weight excluding hydrogens is 338 g/mol. The summed E-state index contributed by atoms with van der Waals surface area (Å²) in [5.74, 6) is -4.45. The van der Waals surface area contributed by atoms with Crippen molar-refractivity contribution in [3.63, 3.8) is 0 Å². The minimum absolute atomic E-state index is 0.0272. The summed E-state index contributed by atoms with van der Waals surface area (Å²) in [6, 6.07) is 12.5. The molecule has 7 heteroatoms. The summed E-state index contributed by atoms with van der Waals surface area (Å²) in [4.78, 5) is 49.5. The fourth-order valence-corrected chi connectivity index (χ4v) is 3.65. The Labute approximate surface area is 147 Å². The first kappa shape index (κ1) is 16.0. The molecule has 0 aromatic heterocycles. The van der Waals surface area contributed by atoms with Crippen LogP contribution >= 0.6 is 0 Å². The highest BCUT2D eigenvalue weighted by molar-refractivity contribution is 6.24. The van der Waals surface area contributed by atoms with Gasteiger partial charge in [0.25, 0.3) is 11.8 Å². The van der Waals surface area contributed by atoms with Crippen LogP contribution in [0.1, 0.15) is 49.0 Å². The van der Waals surface area contributed by atoms with Crippen molar-refractivity contribution in [1.82, 2.24) is 4.90 Å². The third-order valence-electron chi connectivity index (χ3n) is 5.04. The molecule has 1 fully saturated rings. The molecule has 2 aromatic carbocycles. The van der Waals surface area contributed by atoms with Crippen LogP contribution in [0.5, 0.6) is 0 Å². The molecule has 2 atom stereocenters. The number of hydrogen-bond acceptors (Lipinski definition) is 4. The quantitative estimate of drug-likeness (QED) is 0.815. The lowest BCUT2D eigenvalue weighted by Crippen LogP contribution is -2.48. The Morgan fingerprint density at radius 3 is 2.23 bits per heavy atom. The van der Waals surface area contributed by atoms with E-state index in [1.807, 2.05) is 0 Å². The van der Waals surface area contributed by atoms with Crippen molar-refractivity contribution in [2.24, 2.45) is 0 Å². The molecule has 1 aliphatic heterocycles. The highest BCUT2D eigenvalue weighted by Crippen LogP contribution is 2.57. The van der Waals surface area contributed by atoms with E-state index in [1.165, 1.54) is 12.1 Å². The molecule has 2 aromatic rings. The van der Waals surface area contributed by atoms with Crippen LogP contribution in [0.15, 0.2) is 48.5 Å². The second-order valence-electron chi connectivity index (χ2n) is 6.41. The molecule has 0 bridgehead atoms. The number of amides is 2. The Bertz CT molecular complexity index is 983. The van der Waals surface area contributed by atoms with E-state index in [2.05, 4.69) is 0 Å². The molecule has 26 heavy (non-hydrogen) atoms. The second-order valence-corrected chi connectivity index (χ2v) is 6.41. The van der Waals surface area contributed by atoms with E-state index in [1.54, 1.807) is 30.3 Å². The first-order chi connectivity index (χ1) is 12.4. The molecule has 2 aliphatic rings. The van der Waals surface area contributed by atoms with E-state index < -0.39 is 35.2 Å². The van der Waals surface area contributed by atoms with Crippen LogP contribution in [0.2, 0.25) is 0 Å². The zero-order chi connectivity index (χ0) is 18.6. The van der Waals surface area contributed by atoms with Crippen molar-refractivity contribution in [3.05, 3.63) is 70.8 Å². The maximum Gasteiger partial charge on any atom is 0.335 e. The van der Waals surface area contributed by atoms with Crippen molar-refractivity contribution in [2.45, 2.75) is 17.9 Å². The van der Waals surface area contributed by atoms with E-state index in [4.69, 9.17) is 5.11 Å². The highest BCUT2D eigenvalue weighted by atomic mass is 16.4. The van der Waals surface area contributed by atoms with Gasteiger partial charge in [0, 0.05) is 5.92 Å². The minimum atomic E-state index is -1.64. The monoisotopic (exact) mass is 351 g/mol. The van der Waals surface area contributed by atoms with Gasteiger partial charge in [-0.1, -0.05) is 30.3 Å². The second kappa shape index (κ2) is 5.26. The van der Waals surface area contributed by atoms with Gasteiger partial charge < -0.3 is 10.2 Å². The molecule has 1 aliphatic carbocycles. The average Bonchev–Trinajstić information content (AvgIpc) is 3.33. The molecular formula is C19H13NO6. The number of hydrogen-bond donors (Lipinski definition) is 2. The van der Waals surface area contributed by atoms with Crippen molar-refractivity contribution in [3.8, 4) is 0 Å². The lowest BCUT2D eigenvalue weighted by molar-refractivity contribution is -0.143. The third kappa shape index (κ3) is 2.00. The maximum atomic E-state index is 12.8. The van der Waals surface area contributed by atoms with Crippen LogP contribution in [0, 0.1) is 0 Å². The van der Waals surface area contributed by atoms with Crippen LogP contribution in [0.4, 0.5) is 0 Å². The smallest absolute Gasteiger partial charge is 0.335 e. The molecule has 2 N–H and O–H groups in total. The number of carboxylic acids is 2. The van der Waals surface area contributed by atoms with E-state index in [-0.39, 0.29) is 23.1 Å². The normalized spacial score (nSPS) is 23.7.